The molecule has 106 valence electrons. The number of hydrogen-bond acceptors (Lipinski definition) is 2. The summed E-state index contributed by atoms with van der Waals surface area (Å²) in [6, 6.07) is 7.70. The highest BCUT2D eigenvalue weighted by molar-refractivity contribution is 9.10. The van der Waals surface area contributed by atoms with Gasteiger partial charge in [0.05, 0.1) is 5.41 Å². The third kappa shape index (κ3) is 2.04. The number of carboxylic acid groups (broad SMARTS) is 1. The van der Waals surface area contributed by atoms with Crippen LogP contribution in [0.2, 0.25) is 0 Å². The molecule has 0 radical (unpaired) electrons. The first-order chi connectivity index (χ1) is 9.48. The van der Waals surface area contributed by atoms with E-state index in [0.717, 1.165) is 29.3 Å². The van der Waals surface area contributed by atoms with E-state index < -0.39 is 16.9 Å². The minimum Gasteiger partial charge on any atom is -0.480 e. The van der Waals surface area contributed by atoms with Crippen molar-refractivity contribution < 1.29 is 14.7 Å². The van der Waals surface area contributed by atoms with Crippen molar-refractivity contribution in [2.45, 2.75) is 43.1 Å². The molecule has 3 rings (SSSR count). The lowest BCUT2D eigenvalue weighted by Crippen LogP contribution is -2.61. The number of carbonyl (C=O) groups excluding carboxylic acids is 1. The fourth-order valence-corrected chi connectivity index (χ4v) is 3.06. The van der Waals surface area contributed by atoms with E-state index in [2.05, 4.69) is 21.2 Å². The van der Waals surface area contributed by atoms with Gasteiger partial charge in [0.15, 0.2) is 0 Å². The second-order valence-corrected chi connectivity index (χ2v) is 6.70. The van der Waals surface area contributed by atoms with Gasteiger partial charge < -0.3 is 10.4 Å². The summed E-state index contributed by atoms with van der Waals surface area (Å²) >= 11 is 3.38. The van der Waals surface area contributed by atoms with Crippen LogP contribution in [0.1, 0.15) is 37.7 Å². The Labute approximate surface area is 125 Å². The van der Waals surface area contributed by atoms with Gasteiger partial charge in [0.25, 0.3) is 0 Å². The smallest absolute Gasteiger partial charge is 0.329 e. The Kier molecular flexibility index (Phi) is 3.12. The maximum atomic E-state index is 12.5. The van der Waals surface area contributed by atoms with Crippen LogP contribution >= 0.6 is 15.9 Å². The molecule has 1 aromatic carbocycles. The van der Waals surface area contributed by atoms with Gasteiger partial charge in [-0.3, -0.25) is 4.79 Å². The van der Waals surface area contributed by atoms with Crippen LogP contribution in [-0.4, -0.2) is 22.5 Å². The second-order valence-electron chi connectivity index (χ2n) is 5.78. The highest BCUT2D eigenvalue weighted by Crippen LogP contribution is 2.49. The van der Waals surface area contributed by atoms with Crippen LogP contribution in [0.4, 0.5) is 0 Å². The van der Waals surface area contributed by atoms with Crippen LogP contribution in [0, 0.1) is 0 Å². The van der Waals surface area contributed by atoms with Gasteiger partial charge in [-0.05, 0) is 49.8 Å². The lowest BCUT2D eigenvalue weighted by atomic mass is 9.76. The maximum Gasteiger partial charge on any atom is 0.329 e. The van der Waals surface area contributed by atoms with E-state index in [-0.39, 0.29) is 5.91 Å². The molecule has 0 unspecified atom stereocenters. The largest absolute Gasteiger partial charge is 0.480 e. The van der Waals surface area contributed by atoms with Crippen molar-refractivity contribution >= 4 is 27.8 Å². The number of hydrogen-bond donors (Lipinski definition) is 2. The zero-order chi connectivity index (χ0) is 14.4. The van der Waals surface area contributed by atoms with Crippen molar-refractivity contribution in [2.75, 3.05) is 0 Å². The van der Waals surface area contributed by atoms with E-state index in [4.69, 9.17) is 0 Å². The van der Waals surface area contributed by atoms with Gasteiger partial charge in [-0.1, -0.05) is 28.1 Å². The molecule has 20 heavy (non-hydrogen) atoms. The standard InChI is InChI=1S/C15H16BrNO3/c16-11-4-2-10(3-5-11)14(8-9-14)12(18)17-15(13(19)20)6-1-7-15/h2-5H,1,6-9H2,(H,17,18)(H,19,20). The van der Waals surface area contributed by atoms with Gasteiger partial charge in [-0.25, -0.2) is 4.79 Å². The number of amides is 1. The monoisotopic (exact) mass is 337 g/mol. The highest BCUT2D eigenvalue weighted by atomic mass is 79.9. The average molecular weight is 338 g/mol. The Hall–Kier alpha value is -1.36. The van der Waals surface area contributed by atoms with Gasteiger partial charge in [-0.2, -0.15) is 0 Å². The van der Waals surface area contributed by atoms with Crippen LogP contribution in [0.3, 0.4) is 0 Å². The number of carbonyl (C=O) groups is 2. The van der Waals surface area contributed by atoms with Gasteiger partial charge in [0.1, 0.15) is 5.54 Å². The molecule has 2 aliphatic rings. The average Bonchev–Trinajstić information content (AvgIpc) is 3.15. The van der Waals surface area contributed by atoms with Gasteiger partial charge in [0, 0.05) is 4.47 Å². The minimum atomic E-state index is -1.03. The quantitative estimate of drug-likeness (QED) is 0.887. The molecule has 1 amide bonds. The Bertz CT molecular complexity index is 559. The molecule has 0 saturated heterocycles. The van der Waals surface area contributed by atoms with Gasteiger partial charge >= 0.3 is 5.97 Å². The van der Waals surface area contributed by atoms with Crippen molar-refractivity contribution in [2.24, 2.45) is 0 Å². The molecular weight excluding hydrogens is 322 g/mol. The number of rotatable bonds is 4. The van der Waals surface area contributed by atoms with E-state index in [1.807, 2.05) is 24.3 Å². The topological polar surface area (TPSA) is 66.4 Å². The van der Waals surface area contributed by atoms with Crippen molar-refractivity contribution in [3.63, 3.8) is 0 Å². The van der Waals surface area contributed by atoms with Crippen molar-refractivity contribution in [1.82, 2.24) is 5.32 Å². The lowest BCUT2D eigenvalue weighted by Gasteiger charge is -2.39. The predicted molar refractivity (Wildman–Crippen MR) is 77.4 cm³/mol. The predicted octanol–water partition coefficient (Wildman–Crippen LogP) is 2.60. The summed E-state index contributed by atoms with van der Waals surface area (Å²) < 4.78 is 0.971. The molecule has 2 fully saturated rings. The normalized spacial score (nSPS) is 21.6. The van der Waals surface area contributed by atoms with Gasteiger partial charge in [0.2, 0.25) is 5.91 Å². The Balaban J connectivity index is 1.80. The summed E-state index contributed by atoms with van der Waals surface area (Å²) in [6.07, 6.45) is 3.50. The number of halogens is 1. The fourth-order valence-electron chi connectivity index (χ4n) is 2.80. The van der Waals surface area contributed by atoms with Crippen molar-refractivity contribution in [3.8, 4) is 0 Å². The molecule has 4 nitrogen and oxygen atoms in total. The molecule has 0 spiro atoms. The zero-order valence-corrected chi connectivity index (χ0v) is 12.6. The molecule has 0 bridgehead atoms. The second kappa shape index (κ2) is 4.58. The first kappa shape index (κ1) is 13.6. The summed E-state index contributed by atoms with van der Waals surface area (Å²) in [6.45, 7) is 0. The Morgan fingerprint density at radius 1 is 1.10 bits per heavy atom. The van der Waals surface area contributed by atoms with Crippen molar-refractivity contribution in [3.05, 3.63) is 34.3 Å². The number of benzene rings is 1. The molecule has 0 atom stereocenters. The summed E-state index contributed by atoms with van der Waals surface area (Å²) in [7, 11) is 0. The fraction of sp³-hybridized carbons (Fsp3) is 0.467. The van der Waals surface area contributed by atoms with E-state index in [0.29, 0.717) is 12.8 Å². The van der Waals surface area contributed by atoms with Crippen LogP contribution in [0.25, 0.3) is 0 Å². The van der Waals surface area contributed by atoms with Crippen LogP contribution in [-0.2, 0) is 15.0 Å². The highest BCUT2D eigenvalue weighted by Gasteiger charge is 2.55. The molecule has 2 aliphatic carbocycles. The van der Waals surface area contributed by atoms with Crippen molar-refractivity contribution in [1.29, 1.82) is 0 Å². The van der Waals surface area contributed by atoms with Crippen LogP contribution in [0.15, 0.2) is 28.7 Å². The minimum absolute atomic E-state index is 0.137. The number of nitrogens with one attached hydrogen (secondary N) is 1. The number of aliphatic carboxylic acids is 1. The molecule has 2 N–H and O–H groups in total. The summed E-state index contributed by atoms with van der Waals surface area (Å²) in [5.74, 6) is -1.05. The zero-order valence-electron chi connectivity index (χ0n) is 11.0. The third-order valence-corrected chi connectivity index (χ3v) is 5.08. The summed E-state index contributed by atoms with van der Waals surface area (Å²) in [5, 5.41) is 12.1. The molecule has 5 heteroatoms. The van der Waals surface area contributed by atoms with E-state index in [1.165, 1.54) is 0 Å². The molecule has 0 aliphatic heterocycles. The van der Waals surface area contributed by atoms with Crippen LogP contribution in [0.5, 0.6) is 0 Å². The molecule has 1 aromatic rings. The van der Waals surface area contributed by atoms with E-state index in [9.17, 15) is 14.7 Å². The Morgan fingerprint density at radius 2 is 1.70 bits per heavy atom. The molecule has 0 aromatic heterocycles. The Morgan fingerprint density at radius 3 is 2.10 bits per heavy atom. The maximum absolute atomic E-state index is 12.5. The SMILES string of the molecule is O=C(O)C1(NC(=O)C2(c3ccc(Br)cc3)CC2)CCC1. The number of carboxylic acids is 1. The third-order valence-electron chi connectivity index (χ3n) is 4.55. The molecule has 0 heterocycles. The first-order valence-electron chi connectivity index (χ1n) is 6.81. The van der Waals surface area contributed by atoms with Gasteiger partial charge in [-0.15, -0.1) is 0 Å². The molecule has 2 saturated carbocycles. The summed E-state index contributed by atoms with van der Waals surface area (Å²) in [5.41, 5.74) is -0.570. The van der Waals surface area contributed by atoms with E-state index >= 15 is 0 Å². The van der Waals surface area contributed by atoms with E-state index in [1.54, 1.807) is 0 Å². The van der Waals surface area contributed by atoms with Crippen LogP contribution < -0.4 is 5.32 Å². The molecular formula is C15H16BrNO3. The first-order valence-corrected chi connectivity index (χ1v) is 7.60. The summed E-state index contributed by atoms with van der Waals surface area (Å²) in [4.78, 5) is 23.9. The lowest BCUT2D eigenvalue weighted by molar-refractivity contribution is -0.152.